The summed E-state index contributed by atoms with van der Waals surface area (Å²) in [5, 5.41) is 79.6. The van der Waals surface area contributed by atoms with Gasteiger partial charge in [-0.1, -0.05) is 13.8 Å². The van der Waals surface area contributed by atoms with Crippen LogP contribution in [0.4, 0.5) is 0 Å². The first-order valence-electron chi connectivity index (χ1n) is 11.0. The molecule has 0 aromatic heterocycles. The number of aliphatic hydroxyl groups excluding tert-OH is 8. The first kappa shape index (κ1) is 27.8. The molecule has 12 nitrogen and oxygen atoms in total. The van der Waals surface area contributed by atoms with Crippen molar-refractivity contribution in [3.8, 4) is 0 Å². The van der Waals surface area contributed by atoms with Crippen molar-refractivity contribution in [1.82, 2.24) is 0 Å². The van der Waals surface area contributed by atoms with Crippen LogP contribution in [-0.2, 0) is 18.9 Å². The Labute approximate surface area is 186 Å². The van der Waals surface area contributed by atoms with E-state index in [1.807, 2.05) is 13.8 Å². The van der Waals surface area contributed by atoms with Gasteiger partial charge in [-0.2, -0.15) is 0 Å². The van der Waals surface area contributed by atoms with Gasteiger partial charge in [-0.05, 0) is 25.2 Å². The van der Waals surface area contributed by atoms with Crippen molar-refractivity contribution in [2.75, 3.05) is 19.8 Å². The Morgan fingerprint density at radius 1 is 0.719 bits per heavy atom. The third-order valence-electron chi connectivity index (χ3n) is 5.77. The first-order valence-corrected chi connectivity index (χ1v) is 11.0. The standard InChI is InChI=1S/C20H38O12/c1-9(2)3-4-10(23)5-6-29-20-18(16(27)14(25)12(8-22)31-20)32-19-17(28)15(26)13(24)11(7-21)30-19/h9-28H,3-8H2,1-2H3/t10-,11-,12-,13-,14-,15+,16+,17-,18-,19+,20-/m1/s1. The summed E-state index contributed by atoms with van der Waals surface area (Å²) in [5.41, 5.74) is 0. The Balaban J connectivity index is 2.05. The lowest BCUT2D eigenvalue weighted by Crippen LogP contribution is -2.64. The maximum atomic E-state index is 10.5. The van der Waals surface area contributed by atoms with Gasteiger partial charge in [-0.15, -0.1) is 0 Å². The van der Waals surface area contributed by atoms with Crippen LogP contribution in [0.15, 0.2) is 0 Å². The predicted octanol–water partition coefficient (Wildman–Crippen LogP) is -3.19. The molecule has 8 N–H and O–H groups in total. The molecule has 0 aliphatic carbocycles. The number of hydrogen-bond acceptors (Lipinski definition) is 12. The van der Waals surface area contributed by atoms with Gasteiger partial charge >= 0.3 is 0 Å². The van der Waals surface area contributed by atoms with Crippen LogP contribution in [0.1, 0.15) is 33.1 Å². The Hall–Kier alpha value is -0.480. The Morgan fingerprint density at radius 3 is 1.84 bits per heavy atom. The summed E-state index contributed by atoms with van der Waals surface area (Å²) in [6.45, 7) is 2.82. The monoisotopic (exact) mass is 470 g/mol. The lowest BCUT2D eigenvalue weighted by molar-refractivity contribution is -0.367. The van der Waals surface area contributed by atoms with Crippen LogP contribution in [0.5, 0.6) is 0 Å². The van der Waals surface area contributed by atoms with Crippen LogP contribution in [-0.4, -0.2) is 128 Å². The SMILES string of the molecule is CC(C)CC[C@@H](O)CCO[C@@H]1O[C@H](CO)[C@@H](O)[C@H](O)[C@H]1O[C@@H]1O[C@H](CO)[C@@H](O)[C@H](O)[C@H]1O. The highest BCUT2D eigenvalue weighted by Crippen LogP contribution is 2.29. The van der Waals surface area contributed by atoms with E-state index in [0.717, 1.165) is 6.42 Å². The summed E-state index contributed by atoms with van der Waals surface area (Å²) < 4.78 is 22.0. The lowest BCUT2D eigenvalue weighted by atomic mass is 9.97. The predicted molar refractivity (Wildman–Crippen MR) is 107 cm³/mol. The smallest absolute Gasteiger partial charge is 0.187 e. The van der Waals surface area contributed by atoms with E-state index >= 15 is 0 Å². The Kier molecular flexibility index (Phi) is 11.1. The molecule has 0 saturated carbocycles. The Bertz CT molecular complexity index is 535. The van der Waals surface area contributed by atoms with E-state index in [4.69, 9.17) is 18.9 Å². The minimum Gasteiger partial charge on any atom is -0.394 e. The summed E-state index contributed by atoms with van der Waals surface area (Å²) in [6.07, 6.45) is -13.8. The van der Waals surface area contributed by atoms with Crippen molar-refractivity contribution in [3.63, 3.8) is 0 Å². The van der Waals surface area contributed by atoms with Crippen LogP contribution in [0.25, 0.3) is 0 Å². The fourth-order valence-corrected chi connectivity index (χ4v) is 3.66. The average Bonchev–Trinajstić information content (AvgIpc) is 2.76. The summed E-state index contributed by atoms with van der Waals surface area (Å²) in [5.74, 6) is 0.436. The molecule has 0 radical (unpaired) electrons. The lowest BCUT2D eigenvalue weighted by Gasteiger charge is -2.46. The van der Waals surface area contributed by atoms with Gasteiger partial charge in [0.1, 0.15) is 48.8 Å². The van der Waals surface area contributed by atoms with Crippen molar-refractivity contribution < 1.29 is 59.8 Å². The number of rotatable bonds is 11. The van der Waals surface area contributed by atoms with Crippen molar-refractivity contribution in [2.24, 2.45) is 5.92 Å². The summed E-state index contributed by atoms with van der Waals surface area (Å²) in [6, 6.07) is 0. The molecule has 0 bridgehead atoms. The molecule has 2 aliphatic heterocycles. The molecule has 0 aromatic carbocycles. The van der Waals surface area contributed by atoms with E-state index in [9.17, 15) is 40.9 Å². The molecular weight excluding hydrogens is 432 g/mol. The average molecular weight is 471 g/mol. The highest BCUT2D eigenvalue weighted by Gasteiger charge is 2.50. The second-order valence-corrected chi connectivity index (χ2v) is 8.79. The van der Waals surface area contributed by atoms with E-state index < -0.39 is 80.7 Å². The number of ether oxygens (including phenoxy) is 4. The summed E-state index contributed by atoms with van der Waals surface area (Å²) >= 11 is 0. The number of aliphatic hydroxyl groups is 8. The molecule has 2 aliphatic rings. The minimum atomic E-state index is -1.73. The van der Waals surface area contributed by atoms with E-state index in [-0.39, 0.29) is 13.0 Å². The molecule has 0 spiro atoms. The fourth-order valence-electron chi connectivity index (χ4n) is 3.66. The van der Waals surface area contributed by atoms with Crippen LogP contribution < -0.4 is 0 Å². The molecule has 2 rings (SSSR count). The van der Waals surface area contributed by atoms with E-state index in [1.54, 1.807) is 0 Å². The van der Waals surface area contributed by atoms with Crippen LogP contribution in [0, 0.1) is 5.92 Å². The maximum Gasteiger partial charge on any atom is 0.187 e. The van der Waals surface area contributed by atoms with Crippen LogP contribution >= 0.6 is 0 Å². The van der Waals surface area contributed by atoms with E-state index in [2.05, 4.69) is 0 Å². The van der Waals surface area contributed by atoms with Gasteiger partial charge in [-0.25, -0.2) is 0 Å². The molecule has 0 unspecified atom stereocenters. The van der Waals surface area contributed by atoms with Gasteiger partial charge in [0.2, 0.25) is 0 Å². The topological polar surface area (TPSA) is 199 Å². The maximum absolute atomic E-state index is 10.5. The molecule has 12 heteroatoms. The quantitative estimate of drug-likeness (QED) is 0.151. The van der Waals surface area contributed by atoms with Crippen LogP contribution in [0.2, 0.25) is 0 Å². The summed E-state index contributed by atoms with van der Waals surface area (Å²) in [7, 11) is 0. The van der Waals surface area contributed by atoms with E-state index in [1.165, 1.54) is 0 Å². The first-order chi connectivity index (χ1) is 15.1. The van der Waals surface area contributed by atoms with Gasteiger partial charge in [0.05, 0.1) is 25.9 Å². The minimum absolute atomic E-state index is 0.0133. The Morgan fingerprint density at radius 2 is 1.28 bits per heavy atom. The highest BCUT2D eigenvalue weighted by atomic mass is 16.8. The molecule has 190 valence electrons. The highest BCUT2D eigenvalue weighted by molar-refractivity contribution is 4.93. The molecular formula is C20H38O12. The van der Waals surface area contributed by atoms with Crippen molar-refractivity contribution in [2.45, 2.75) is 101 Å². The zero-order valence-corrected chi connectivity index (χ0v) is 18.4. The molecule has 0 amide bonds. The van der Waals surface area contributed by atoms with Crippen molar-refractivity contribution in [3.05, 3.63) is 0 Å². The van der Waals surface area contributed by atoms with Crippen molar-refractivity contribution in [1.29, 1.82) is 0 Å². The largest absolute Gasteiger partial charge is 0.394 e. The molecule has 2 heterocycles. The molecule has 0 aromatic rings. The molecule has 2 fully saturated rings. The third-order valence-corrected chi connectivity index (χ3v) is 5.77. The van der Waals surface area contributed by atoms with Gasteiger partial charge in [-0.3, -0.25) is 0 Å². The normalized spacial score (nSPS) is 41.7. The zero-order chi connectivity index (χ0) is 24.0. The zero-order valence-electron chi connectivity index (χ0n) is 18.4. The summed E-state index contributed by atoms with van der Waals surface area (Å²) in [4.78, 5) is 0. The molecule has 32 heavy (non-hydrogen) atoms. The van der Waals surface area contributed by atoms with E-state index in [0.29, 0.717) is 12.3 Å². The van der Waals surface area contributed by atoms with Gasteiger partial charge < -0.3 is 59.8 Å². The molecule has 11 atom stereocenters. The van der Waals surface area contributed by atoms with Crippen molar-refractivity contribution >= 4 is 0 Å². The van der Waals surface area contributed by atoms with Gasteiger partial charge in [0.15, 0.2) is 12.6 Å². The number of hydrogen-bond donors (Lipinski definition) is 8. The fraction of sp³-hybridized carbons (Fsp3) is 1.00. The van der Waals surface area contributed by atoms with Gasteiger partial charge in [0, 0.05) is 0 Å². The molecule has 2 saturated heterocycles. The van der Waals surface area contributed by atoms with Crippen LogP contribution in [0.3, 0.4) is 0 Å². The third kappa shape index (κ3) is 7.01. The van der Waals surface area contributed by atoms with Gasteiger partial charge in [0.25, 0.3) is 0 Å². The second-order valence-electron chi connectivity index (χ2n) is 8.79. The second kappa shape index (κ2) is 12.8.